The van der Waals surface area contributed by atoms with Crippen LogP contribution in [0.5, 0.6) is 0 Å². The Morgan fingerprint density at radius 2 is 2.00 bits per heavy atom. The van der Waals surface area contributed by atoms with Crippen molar-refractivity contribution in [1.29, 1.82) is 0 Å². The lowest BCUT2D eigenvalue weighted by atomic mass is 9.75. The average Bonchev–Trinajstić information content (AvgIpc) is 2.19. The van der Waals surface area contributed by atoms with Gasteiger partial charge in [-0.2, -0.15) is 0 Å². The molecule has 1 fully saturated rings. The molecule has 0 amide bonds. The predicted octanol–water partition coefficient (Wildman–Crippen LogP) is 2.73. The summed E-state index contributed by atoms with van der Waals surface area (Å²) in [4.78, 5) is 0. The van der Waals surface area contributed by atoms with Crippen LogP contribution < -0.4 is 0 Å². The van der Waals surface area contributed by atoms with E-state index in [0.717, 1.165) is 25.7 Å². The van der Waals surface area contributed by atoms with Crippen LogP contribution in [0.1, 0.15) is 51.9 Å². The van der Waals surface area contributed by atoms with Gasteiger partial charge in [0.25, 0.3) is 0 Å². The van der Waals surface area contributed by atoms with Gasteiger partial charge in [0.1, 0.15) is 5.60 Å². The first-order valence-corrected chi connectivity index (χ1v) is 5.43. The maximum Gasteiger partial charge on any atom is 0.128 e. The molecule has 0 bridgehead atoms. The summed E-state index contributed by atoms with van der Waals surface area (Å²) in [6, 6.07) is 0. The van der Waals surface area contributed by atoms with E-state index < -0.39 is 5.60 Å². The van der Waals surface area contributed by atoms with Crippen LogP contribution in [-0.2, 0) is 0 Å². The molecule has 1 aliphatic rings. The molecule has 0 aliphatic heterocycles. The van der Waals surface area contributed by atoms with Gasteiger partial charge in [-0.25, -0.2) is 0 Å². The van der Waals surface area contributed by atoms with Gasteiger partial charge in [-0.1, -0.05) is 38.5 Å². The van der Waals surface area contributed by atoms with E-state index >= 15 is 0 Å². The minimum Gasteiger partial charge on any atom is -0.377 e. The second kappa shape index (κ2) is 4.67. The Morgan fingerprint density at radius 1 is 1.38 bits per heavy atom. The zero-order chi connectivity index (χ0) is 9.73. The monoisotopic (exact) mass is 180 g/mol. The molecule has 1 unspecified atom stereocenters. The second-order valence-electron chi connectivity index (χ2n) is 4.15. The van der Waals surface area contributed by atoms with Crippen molar-refractivity contribution in [1.82, 2.24) is 0 Å². The second-order valence-corrected chi connectivity index (χ2v) is 4.15. The lowest BCUT2D eigenvalue weighted by Crippen LogP contribution is -2.37. The molecule has 0 spiro atoms. The number of rotatable bonds is 3. The maximum atomic E-state index is 10.2. The summed E-state index contributed by atoms with van der Waals surface area (Å²) in [5, 5.41) is 10.2. The van der Waals surface area contributed by atoms with Crippen molar-refractivity contribution in [2.24, 2.45) is 5.92 Å². The highest BCUT2D eigenvalue weighted by atomic mass is 16.3. The summed E-state index contributed by atoms with van der Waals surface area (Å²) in [5.41, 5.74) is -0.810. The summed E-state index contributed by atoms with van der Waals surface area (Å²) in [7, 11) is 0. The van der Waals surface area contributed by atoms with Gasteiger partial charge < -0.3 is 5.11 Å². The Morgan fingerprint density at radius 3 is 2.46 bits per heavy atom. The first-order chi connectivity index (χ1) is 6.23. The first-order valence-electron chi connectivity index (χ1n) is 5.43. The predicted molar refractivity (Wildman–Crippen MR) is 55.3 cm³/mol. The third-order valence-corrected chi connectivity index (χ3v) is 3.16. The largest absolute Gasteiger partial charge is 0.377 e. The van der Waals surface area contributed by atoms with Crippen molar-refractivity contribution in [3.63, 3.8) is 0 Å². The zero-order valence-electron chi connectivity index (χ0n) is 8.55. The molecule has 0 aromatic heterocycles. The van der Waals surface area contributed by atoms with Gasteiger partial charge in [0, 0.05) is 0 Å². The minimum atomic E-state index is -0.810. The Balaban J connectivity index is 2.58. The van der Waals surface area contributed by atoms with Gasteiger partial charge in [-0.05, 0) is 25.2 Å². The van der Waals surface area contributed by atoms with Crippen molar-refractivity contribution in [3.8, 4) is 12.3 Å². The fraction of sp³-hybridized carbons (Fsp3) is 0.833. The van der Waals surface area contributed by atoms with Crippen molar-refractivity contribution in [2.45, 2.75) is 57.5 Å². The van der Waals surface area contributed by atoms with Gasteiger partial charge in [-0.15, -0.1) is 6.42 Å². The van der Waals surface area contributed by atoms with Gasteiger partial charge >= 0.3 is 0 Å². The third-order valence-electron chi connectivity index (χ3n) is 3.16. The molecule has 0 heterocycles. The smallest absolute Gasteiger partial charge is 0.128 e. The fourth-order valence-electron chi connectivity index (χ4n) is 2.36. The van der Waals surface area contributed by atoms with Crippen molar-refractivity contribution in [2.75, 3.05) is 0 Å². The van der Waals surface area contributed by atoms with Crippen LogP contribution in [0.15, 0.2) is 0 Å². The van der Waals surface area contributed by atoms with Crippen LogP contribution in [0, 0.1) is 18.3 Å². The van der Waals surface area contributed by atoms with Crippen LogP contribution in [-0.4, -0.2) is 10.7 Å². The number of terminal acetylenes is 1. The highest BCUT2D eigenvalue weighted by molar-refractivity contribution is 5.10. The van der Waals surface area contributed by atoms with E-state index in [0.29, 0.717) is 5.92 Å². The number of hydrogen-bond donors (Lipinski definition) is 1. The van der Waals surface area contributed by atoms with Crippen LogP contribution in [0.4, 0.5) is 0 Å². The summed E-state index contributed by atoms with van der Waals surface area (Å²) < 4.78 is 0. The molecule has 1 heteroatoms. The molecule has 1 aliphatic carbocycles. The van der Waals surface area contributed by atoms with E-state index in [2.05, 4.69) is 12.8 Å². The van der Waals surface area contributed by atoms with Crippen LogP contribution in [0.3, 0.4) is 0 Å². The zero-order valence-corrected chi connectivity index (χ0v) is 8.55. The molecular weight excluding hydrogens is 160 g/mol. The minimum absolute atomic E-state index is 0.353. The Kier molecular flexibility index (Phi) is 3.81. The lowest BCUT2D eigenvalue weighted by Gasteiger charge is -2.34. The quantitative estimate of drug-likeness (QED) is 0.662. The summed E-state index contributed by atoms with van der Waals surface area (Å²) in [6.07, 6.45) is 13.2. The Labute approximate surface area is 81.5 Å². The van der Waals surface area contributed by atoms with Gasteiger partial charge in [0.15, 0.2) is 0 Å². The van der Waals surface area contributed by atoms with Gasteiger partial charge in [-0.3, -0.25) is 0 Å². The lowest BCUT2D eigenvalue weighted by molar-refractivity contribution is 0.0120. The first kappa shape index (κ1) is 10.6. The summed E-state index contributed by atoms with van der Waals surface area (Å²) >= 11 is 0. The molecule has 0 aromatic rings. The molecule has 0 radical (unpaired) electrons. The van der Waals surface area contributed by atoms with Crippen molar-refractivity contribution in [3.05, 3.63) is 0 Å². The molecular formula is C12H20O. The van der Waals surface area contributed by atoms with E-state index in [4.69, 9.17) is 6.42 Å². The molecule has 1 saturated carbocycles. The van der Waals surface area contributed by atoms with E-state index in [9.17, 15) is 5.11 Å². The van der Waals surface area contributed by atoms with Crippen molar-refractivity contribution >= 4 is 0 Å². The summed E-state index contributed by atoms with van der Waals surface area (Å²) in [6.45, 7) is 2.07. The average molecular weight is 180 g/mol. The van der Waals surface area contributed by atoms with Gasteiger partial charge in [0.05, 0.1) is 0 Å². The molecule has 1 nitrogen and oxygen atoms in total. The molecule has 1 atom stereocenters. The highest BCUT2D eigenvalue weighted by Crippen LogP contribution is 2.34. The van der Waals surface area contributed by atoms with E-state index in [-0.39, 0.29) is 0 Å². The van der Waals surface area contributed by atoms with E-state index in [1.54, 1.807) is 0 Å². The topological polar surface area (TPSA) is 20.2 Å². The molecule has 1 rings (SSSR count). The van der Waals surface area contributed by atoms with Crippen LogP contribution in [0.2, 0.25) is 0 Å². The fourth-order valence-corrected chi connectivity index (χ4v) is 2.36. The molecule has 1 N–H and O–H groups in total. The van der Waals surface area contributed by atoms with E-state index in [1.165, 1.54) is 19.3 Å². The van der Waals surface area contributed by atoms with Crippen LogP contribution >= 0.6 is 0 Å². The summed E-state index contributed by atoms with van der Waals surface area (Å²) in [5.74, 6) is 2.96. The maximum absolute atomic E-state index is 10.2. The SMILES string of the molecule is C#CC(O)(CCC)C1CCCCC1. The molecule has 0 aromatic carbocycles. The molecule has 74 valence electrons. The Bertz CT molecular complexity index is 186. The highest BCUT2D eigenvalue weighted by Gasteiger charge is 2.34. The molecule has 0 saturated heterocycles. The van der Waals surface area contributed by atoms with E-state index in [1.807, 2.05) is 0 Å². The Hall–Kier alpha value is -0.480. The number of hydrogen-bond acceptors (Lipinski definition) is 1. The van der Waals surface area contributed by atoms with Crippen molar-refractivity contribution < 1.29 is 5.11 Å². The third kappa shape index (κ3) is 2.48. The standard InChI is InChI=1S/C12H20O/c1-3-10-12(13,4-2)11-8-6-5-7-9-11/h2,11,13H,3,5-10H2,1H3. The van der Waals surface area contributed by atoms with Gasteiger partial charge in [0.2, 0.25) is 0 Å². The molecule has 13 heavy (non-hydrogen) atoms. The van der Waals surface area contributed by atoms with Crippen LogP contribution in [0.25, 0.3) is 0 Å². The number of aliphatic hydroxyl groups is 1. The normalized spacial score (nSPS) is 23.5.